The summed E-state index contributed by atoms with van der Waals surface area (Å²) in [6.07, 6.45) is 0. The predicted molar refractivity (Wildman–Crippen MR) is 17.7 cm³/mol. The molecule has 3 nitrogen and oxygen atoms in total. The van der Waals surface area contributed by atoms with Crippen LogP contribution in [-0.2, 0) is 9.31 Å². The molecular weight excluding hydrogens is 84.0 g/mol. The standard InChI is InChI=1S/C3H6O3/c1-3(5-2)6-4/h1-2H3. The minimum Gasteiger partial charge on any atom is -0.588 e. The van der Waals surface area contributed by atoms with E-state index in [1.807, 2.05) is 0 Å². The number of carbonyl (C=O) groups excluding carboxylic acids is 1. The molecule has 36 valence electrons. The van der Waals surface area contributed by atoms with Crippen molar-refractivity contribution in [2.45, 2.75) is 6.92 Å². The van der Waals surface area contributed by atoms with Crippen molar-refractivity contribution in [3.63, 3.8) is 0 Å². The van der Waals surface area contributed by atoms with Gasteiger partial charge < -0.3 is 9.99 Å². The highest BCUT2D eigenvalue weighted by molar-refractivity contribution is 5.65. The van der Waals surface area contributed by atoms with E-state index in [0.29, 0.717) is 0 Å². The lowest BCUT2D eigenvalue weighted by Gasteiger charge is -1.79. The molecule has 0 amide bonds. The van der Waals surface area contributed by atoms with Crippen LogP contribution in [0.25, 0.3) is 0 Å². The summed E-state index contributed by atoms with van der Waals surface area (Å²) >= 11 is 0. The molecule has 0 rings (SSSR count). The summed E-state index contributed by atoms with van der Waals surface area (Å²) in [5, 5.41) is 9.20. The van der Waals surface area contributed by atoms with Crippen LogP contribution in [0.5, 0.6) is 0 Å². The van der Waals surface area contributed by atoms with E-state index in [9.17, 15) is 5.26 Å². The molecule has 0 spiro atoms. The van der Waals surface area contributed by atoms with E-state index in [-0.39, 0.29) is 5.97 Å². The van der Waals surface area contributed by atoms with Crippen LogP contribution in [0.4, 0.5) is 0 Å². The Labute approximate surface area is 35.8 Å². The highest BCUT2D eigenvalue weighted by Crippen LogP contribution is 1.63. The topological polar surface area (TPSA) is 43.6 Å². The van der Waals surface area contributed by atoms with Gasteiger partial charge in [-0.2, -0.15) is 0 Å². The first-order valence-electron chi connectivity index (χ1n) is 1.48. The summed E-state index contributed by atoms with van der Waals surface area (Å²) < 4.78 is 7.62. The third-order valence-corrected chi connectivity index (χ3v) is 0.405. The SMILES string of the molecule is COC(C)=[O+][O-]. The van der Waals surface area contributed by atoms with Gasteiger partial charge in [0.05, 0.1) is 6.92 Å². The molecule has 6 heavy (non-hydrogen) atoms. The van der Waals surface area contributed by atoms with Crippen molar-refractivity contribution in [3.05, 3.63) is 0 Å². The van der Waals surface area contributed by atoms with Gasteiger partial charge in [-0.15, -0.1) is 0 Å². The number of esters is 1. The van der Waals surface area contributed by atoms with Crippen LogP contribution in [0, 0.1) is 0 Å². The summed E-state index contributed by atoms with van der Waals surface area (Å²) in [5.41, 5.74) is 0. The van der Waals surface area contributed by atoms with E-state index in [4.69, 9.17) is 0 Å². The molecule has 0 aliphatic heterocycles. The maximum absolute atomic E-state index is 9.20. The van der Waals surface area contributed by atoms with Gasteiger partial charge >= 0.3 is 5.97 Å². The van der Waals surface area contributed by atoms with Gasteiger partial charge in [-0.3, -0.25) is 4.58 Å². The van der Waals surface area contributed by atoms with Crippen LogP contribution in [0.1, 0.15) is 6.92 Å². The second-order valence-electron chi connectivity index (χ2n) is 0.779. The van der Waals surface area contributed by atoms with E-state index >= 15 is 0 Å². The molecule has 0 aromatic carbocycles. The summed E-state index contributed by atoms with van der Waals surface area (Å²) in [4.78, 5) is 0. The Morgan fingerprint density at radius 3 is 2.33 bits per heavy atom. The second kappa shape index (κ2) is 2.50. The van der Waals surface area contributed by atoms with E-state index < -0.39 is 0 Å². The van der Waals surface area contributed by atoms with E-state index in [0.717, 1.165) is 0 Å². The molecule has 0 saturated heterocycles. The molecule has 0 unspecified atom stereocenters. The third kappa shape index (κ3) is 1.58. The Kier molecular flexibility index (Phi) is 2.20. The molecule has 0 N–H and O–H groups in total. The van der Waals surface area contributed by atoms with Gasteiger partial charge in [-0.1, -0.05) is 0 Å². The average Bonchev–Trinajstić information content (AvgIpc) is 1.65. The van der Waals surface area contributed by atoms with Gasteiger partial charge in [0, 0.05) is 0 Å². The largest absolute Gasteiger partial charge is 0.588 e. The second-order valence-corrected chi connectivity index (χ2v) is 0.779. The molecule has 0 fully saturated rings. The van der Waals surface area contributed by atoms with Crippen molar-refractivity contribution in [2.24, 2.45) is 0 Å². The highest BCUT2D eigenvalue weighted by atomic mass is 17.1. The van der Waals surface area contributed by atoms with Gasteiger partial charge in [-0.05, 0) is 0 Å². The lowest BCUT2D eigenvalue weighted by atomic mass is 10.8. The van der Waals surface area contributed by atoms with E-state index in [2.05, 4.69) is 9.31 Å². The molecule has 3 heteroatoms. The molecule has 0 aliphatic rings. The van der Waals surface area contributed by atoms with Crippen LogP contribution in [0.2, 0.25) is 0 Å². The third-order valence-electron chi connectivity index (χ3n) is 0.405. The molecule has 0 radical (unpaired) electrons. The van der Waals surface area contributed by atoms with Crippen molar-refractivity contribution in [2.75, 3.05) is 7.11 Å². The Balaban J connectivity index is 3.22. The van der Waals surface area contributed by atoms with Crippen LogP contribution in [0.15, 0.2) is 0 Å². The Morgan fingerprint density at radius 2 is 2.33 bits per heavy atom. The number of methoxy groups -OCH3 is 1. The fourth-order valence-electron chi connectivity index (χ4n) is 0.0340. The van der Waals surface area contributed by atoms with Gasteiger partial charge in [0.25, 0.3) is 0 Å². The van der Waals surface area contributed by atoms with Gasteiger partial charge in [0.15, 0.2) is 7.11 Å². The molecule has 0 heterocycles. The summed E-state index contributed by atoms with van der Waals surface area (Å²) in [7, 11) is 1.37. The quantitative estimate of drug-likeness (QED) is 0.165. The zero-order chi connectivity index (χ0) is 4.99. The summed E-state index contributed by atoms with van der Waals surface area (Å²) in [6, 6.07) is 0. The molecule has 0 bridgehead atoms. The summed E-state index contributed by atoms with van der Waals surface area (Å²) in [5.74, 6) is 0.0370. The maximum Gasteiger partial charge on any atom is 0.493 e. The van der Waals surface area contributed by atoms with Gasteiger partial charge in [0.2, 0.25) is 0 Å². The Bertz CT molecular complexity index is 57.1. The fourth-order valence-corrected chi connectivity index (χ4v) is 0.0340. The highest BCUT2D eigenvalue weighted by Gasteiger charge is 1.92. The first-order valence-corrected chi connectivity index (χ1v) is 1.48. The minimum absolute atomic E-state index is 0.0370. The van der Waals surface area contributed by atoms with Crippen LogP contribution < -0.4 is 5.26 Å². The molecule has 0 aromatic rings. The molecule has 0 saturated carbocycles. The van der Waals surface area contributed by atoms with Crippen molar-refractivity contribution in [1.29, 1.82) is 0 Å². The number of hydrogen-bond acceptors (Lipinski definition) is 2. The maximum atomic E-state index is 9.20. The minimum atomic E-state index is 0.0370. The predicted octanol–water partition coefficient (Wildman–Crippen LogP) is -1.01. The lowest BCUT2D eigenvalue weighted by Crippen LogP contribution is -2.06. The number of rotatable bonds is 0. The van der Waals surface area contributed by atoms with Crippen LogP contribution >= 0.6 is 0 Å². The molecule has 0 atom stereocenters. The first kappa shape index (κ1) is 5.27. The van der Waals surface area contributed by atoms with Crippen molar-refractivity contribution >= 4 is 5.97 Å². The van der Waals surface area contributed by atoms with Crippen molar-refractivity contribution < 1.29 is 14.6 Å². The molecule has 0 aromatic heterocycles. The zero-order valence-corrected chi connectivity index (χ0v) is 3.72. The lowest BCUT2D eigenvalue weighted by molar-refractivity contribution is -1.05. The molecule has 0 aliphatic carbocycles. The first-order chi connectivity index (χ1) is 2.81. The van der Waals surface area contributed by atoms with Gasteiger partial charge in [-0.25, -0.2) is 0 Å². The summed E-state index contributed by atoms with van der Waals surface area (Å²) in [6.45, 7) is 1.44. The van der Waals surface area contributed by atoms with E-state index in [1.54, 1.807) is 0 Å². The molecular formula is C3H6O3. The smallest absolute Gasteiger partial charge is 0.493 e. The van der Waals surface area contributed by atoms with Crippen LogP contribution in [0.3, 0.4) is 0 Å². The zero-order valence-electron chi connectivity index (χ0n) is 3.72. The Hall–Kier alpha value is -0.730. The van der Waals surface area contributed by atoms with Crippen molar-refractivity contribution in [3.8, 4) is 0 Å². The number of ether oxygens (including phenoxy) is 1. The van der Waals surface area contributed by atoms with E-state index in [1.165, 1.54) is 14.0 Å². The average molecular weight is 90.1 g/mol. The fraction of sp³-hybridized carbons (Fsp3) is 0.667. The normalized spacial score (nSPS) is 11.3. The monoisotopic (exact) mass is 90.0 g/mol. The number of hydrogen-bond donors (Lipinski definition) is 0. The van der Waals surface area contributed by atoms with Crippen molar-refractivity contribution in [1.82, 2.24) is 0 Å². The Morgan fingerprint density at radius 1 is 1.83 bits per heavy atom. The van der Waals surface area contributed by atoms with Gasteiger partial charge in [0.1, 0.15) is 0 Å². The van der Waals surface area contributed by atoms with Crippen LogP contribution in [-0.4, -0.2) is 13.1 Å².